The lowest BCUT2D eigenvalue weighted by atomic mass is 10.1. The van der Waals surface area contributed by atoms with Crippen molar-refractivity contribution < 1.29 is 4.79 Å². The molecule has 3 aromatic rings. The third-order valence-electron chi connectivity index (χ3n) is 4.37. The van der Waals surface area contributed by atoms with E-state index in [4.69, 9.17) is 6.42 Å². The minimum Gasteiger partial charge on any atom is -0.356 e. The average Bonchev–Trinajstić information content (AvgIpc) is 3.02. The predicted molar refractivity (Wildman–Crippen MR) is 105 cm³/mol. The van der Waals surface area contributed by atoms with Gasteiger partial charge in [0, 0.05) is 19.4 Å². The van der Waals surface area contributed by atoms with Crippen LogP contribution in [0.4, 0.5) is 0 Å². The van der Waals surface area contributed by atoms with Gasteiger partial charge in [0.1, 0.15) is 5.82 Å². The fourth-order valence-electron chi connectivity index (χ4n) is 3.05. The first-order valence-electron chi connectivity index (χ1n) is 8.96. The summed E-state index contributed by atoms with van der Waals surface area (Å²) in [5, 5.41) is 2.99. The van der Waals surface area contributed by atoms with Gasteiger partial charge in [-0.25, -0.2) is 4.98 Å². The first kappa shape index (κ1) is 17.8. The number of imidazole rings is 1. The van der Waals surface area contributed by atoms with Crippen molar-refractivity contribution in [2.24, 2.45) is 0 Å². The van der Waals surface area contributed by atoms with Crippen LogP contribution in [-0.2, 0) is 24.2 Å². The molecule has 132 valence electrons. The summed E-state index contributed by atoms with van der Waals surface area (Å²) < 4.78 is 2.08. The quantitative estimate of drug-likeness (QED) is 0.503. The van der Waals surface area contributed by atoms with Crippen LogP contribution in [0, 0.1) is 12.3 Å². The molecular formula is C22H23N3O. The lowest BCUT2D eigenvalue weighted by molar-refractivity contribution is -0.121. The van der Waals surface area contributed by atoms with Crippen molar-refractivity contribution in [1.82, 2.24) is 14.9 Å². The number of carbonyl (C=O) groups is 1. The summed E-state index contributed by atoms with van der Waals surface area (Å²) in [5.74, 6) is 3.76. The van der Waals surface area contributed by atoms with Crippen LogP contribution in [-0.4, -0.2) is 22.0 Å². The van der Waals surface area contributed by atoms with E-state index in [9.17, 15) is 4.79 Å². The van der Waals surface area contributed by atoms with Gasteiger partial charge in [-0.15, -0.1) is 6.42 Å². The number of amides is 1. The number of nitrogens with zero attached hydrogens (tertiary/aromatic N) is 2. The predicted octanol–water partition coefficient (Wildman–Crippen LogP) is 3.35. The van der Waals surface area contributed by atoms with Crippen LogP contribution in [0.25, 0.3) is 11.0 Å². The second-order valence-electron chi connectivity index (χ2n) is 6.25. The monoisotopic (exact) mass is 345 g/mol. The largest absolute Gasteiger partial charge is 0.356 e. The highest BCUT2D eigenvalue weighted by molar-refractivity contribution is 5.76. The van der Waals surface area contributed by atoms with Gasteiger partial charge in [0.05, 0.1) is 17.6 Å². The summed E-state index contributed by atoms with van der Waals surface area (Å²) in [5.41, 5.74) is 3.21. The van der Waals surface area contributed by atoms with Gasteiger partial charge in [-0.05, 0) is 30.5 Å². The van der Waals surface area contributed by atoms with Gasteiger partial charge >= 0.3 is 0 Å². The highest BCUT2D eigenvalue weighted by Gasteiger charge is 2.09. The lowest BCUT2D eigenvalue weighted by Gasteiger charge is -2.07. The SMILES string of the molecule is C#CCn1c(CCCNC(=O)CCc2ccccc2)nc2ccccc21. The van der Waals surface area contributed by atoms with Gasteiger partial charge in [0.2, 0.25) is 5.91 Å². The van der Waals surface area contributed by atoms with Gasteiger partial charge in [0.25, 0.3) is 0 Å². The number of hydrogen-bond donors (Lipinski definition) is 1. The topological polar surface area (TPSA) is 46.9 Å². The molecule has 0 spiro atoms. The minimum absolute atomic E-state index is 0.0889. The molecule has 0 radical (unpaired) electrons. The molecule has 0 saturated heterocycles. The number of terminal acetylenes is 1. The van der Waals surface area contributed by atoms with E-state index in [2.05, 4.69) is 20.8 Å². The second-order valence-corrected chi connectivity index (χ2v) is 6.25. The zero-order valence-electron chi connectivity index (χ0n) is 14.8. The van der Waals surface area contributed by atoms with E-state index in [0.29, 0.717) is 19.5 Å². The normalized spacial score (nSPS) is 10.6. The van der Waals surface area contributed by atoms with Crippen LogP contribution in [0.3, 0.4) is 0 Å². The number of carbonyl (C=O) groups excluding carboxylic acids is 1. The zero-order chi connectivity index (χ0) is 18.2. The molecule has 4 heteroatoms. The van der Waals surface area contributed by atoms with E-state index in [1.54, 1.807) is 0 Å². The Morgan fingerprint density at radius 2 is 1.85 bits per heavy atom. The van der Waals surface area contributed by atoms with E-state index >= 15 is 0 Å². The molecular weight excluding hydrogens is 322 g/mol. The molecule has 0 unspecified atom stereocenters. The average molecular weight is 345 g/mol. The number of benzene rings is 2. The van der Waals surface area contributed by atoms with Crippen molar-refractivity contribution in [3.63, 3.8) is 0 Å². The van der Waals surface area contributed by atoms with Gasteiger partial charge in [-0.1, -0.05) is 48.4 Å². The Bertz CT molecular complexity index is 906. The third-order valence-corrected chi connectivity index (χ3v) is 4.37. The Morgan fingerprint density at radius 3 is 2.65 bits per heavy atom. The molecule has 4 nitrogen and oxygen atoms in total. The summed E-state index contributed by atoms with van der Waals surface area (Å²) in [6.45, 7) is 1.16. The maximum absolute atomic E-state index is 12.0. The molecule has 0 fully saturated rings. The van der Waals surface area contributed by atoms with E-state index in [0.717, 1.165) is 36.1 Å². The van der Waals surface area contributed by atoms with E-state index in [1.807, 2.05) is 54.6 Å². The Morgan fingerprint density at radius 1 is 1.08 bits per heavy atom. The van der Waals surface area contributed by atoms with E-state index in [-0.39, 0.29) is 5.91 Å². The summed E-state index contributed by atoms with van der Waals surface area (Å²) in [6, 6.07) is 18.1. The van der Waals surface area contributed by atoms with E-state index in [1.165, 1.54) is 5.56 Å². The first-order valence-corrected chi connectivity index (χ1v) is 8.96. The molecule has 0 aliphatic rings. The highest BCUT2D eigenvalue weighted by Crippen LogP contribution is 2.16. The summed E-state index contributed by atoms with van der Waals surface area (Å²) in [6.07, 6.45) is 8.41. The van der Waals surface area contributed by atoms with Crippen LogP contribution in [0.15, 0.2) is 54.6 Å². The van der Waals surface area contributed by atoms with Crippen molar-refractivity contribution in [2.45, 2.75) is 32.2 Å². The number of fused-ring (bicyclic) bond motifs is 1. The first-order chi connectivity index (χ1) is 12.8. The van der Waals surface area contributed by atoms with Gasteiger partial charge in [-0.2, -0.15) is 0 Å². The molecule has 1 amide bonds. The summed E-state index contributed by atoms with van der Waals surface area (Å²) in [4.78, 5) is 16.7. The highest BCUT2D eigenvalue weighted by atomic mass is 16.1. The molecule has 26 heavy (non-hydrogen) atoms. The van der Waals surface area contributed by atoms with Crippen LogP contribution in [0.5, 0.6) is 0 Å². The van der Waals surface area contributed by atoms with Crippen molar-refractivity contribution in [3.05, 3.63) is 66.0 Å². The van der Waals surface area contributed by atoms with Gasteiger partial charge < -0.3 is 9.88 Å². The van der Waals surface area contributed by atoms with Crippen LogP contribution in [0.2, 0.25) is 0 Å². The lowest BCUT2D eigenvalue weighted by Crippen LogP contribution is -2.25. The molecule has 1 N–H and O–H groups in total. The minimum atomic E-state index is 0.0889. The number of aromatic nitrogens is 2. The molecule has 0 aliphatic carbocycles. The van der Waals surface area contributed by atoms with Crippen molar-refractivity contribution >= 4 is 16.9 Å². The Hall–Kier alpha value is -3.06. The second kappa shape index (κ2) is 8.87. The van der Waals surface area contributed by atoms with Crippen LogP contribution < -0.4 is 5.32 Å². The van der Waals surface area contributed by atoms with E-state index < -0.39 is 0 Å². The Kier molecular flexibility index (Phi) is 6.05. The number of para-hydroxylation sites is 2. The molecule has 1 heterocycles. The Labute approximate surface area is 154 Å². The third kappa shape index (κ3) is 4.52. The number of rotatable bonds is 8. The summed E-state index contributed by atoms with van der Waals surface area (Å²) in [7, 11) is 0. The molecule has 3 rings (SSSR count). The molecule has 0 aliphatic heterocycles. The number of hydrogen-bond acceptors (Lipinski definition) is 2. The Balaban J connectivity index is 1.47. The fourth-order valence-corrected chi connectivity index (χ4v) is 3.05. The number of aryl methyl sites for hydroxylation is 2. The number of nitrogens with one attached hydrogen (secondary N) is 1. The molecule has 0 atom stereocenters. The zero-order valence-corrected chi connectivity index (χ0v) is 14.8. The molecule has 2 aromatic carbocycles. The molecule has 0 saturated carbocycles. The molecule has 1 aromatic heterocycles. The standard InChI is InChI=1S/C22H23N3O/c1-2-17-25-20-12-7-6-11-19(20)24-21(25)13-8-16-23-22(26)15-14-18-9-4-3-5-10-18/h1,3-7,9-12H,8,13-17H2,(H,23,26). The van der Waals surface area contributed by atoms with Crippen LogP contribution >= 0.6 is 0 Å². The smallest absolute Gasteiger partial charge is 0.220 e. The van der Waals surface area contributed by atoms with Crippen LogP contribution in [0.1, 0.15) is 24.2 Å². The van der Waals surface area contributed by atoms with Crippen molar-refractivity contribution in [1.29, 1.82) is 0 Å². The maximum atomic E-state index is 12.0. The molecule has 0 bridgehead atoms. The maximum Gasteiger partial charge on any atom is 0.220 e. The summed E-state index contributed by atoms with van der Waals surface area (Å²) >= 11 is 0. The fraction of sp³-hybridized carbons (Fsp3) is 0.273. The van der Waals surface area contributed by atoms with Crippen molar-refractivity contribution in [3.8, 4) is 12.3 Å². The van der Waals surface area contributed by atoms with Gasteiger partial charge in [-0.3, -0.25) is 4.79 Å². The van der Waals surface area contributed by atoms with Gasteiger partial charge in [0.15, 0.2) is 0 Å². The van der Waals surface area contributed by atoms with Crippen molar-refractivity contribution in [2.75, 3.05) is 6.54 Å².